The zero-order valence-electron chi connectivity index (χ0n) is 18.6. The van der Waals surface area contributed by atoms with Crippen molar-refractivity contribution in [2.45, 2.75) is 57.9 Å². The number of ether oxygens (including phenoxy) is 2. The number of anilines is 1. The molecule has 0 atom stereocenters. The summed E-state index contributed by atoms with van der Waals surface area (Å²) in [6, 6.07) is 8.24. The van der Waals surface area contributed by atoms with Crippen LogP contribution in [0.2, 0.25) is 0 Å². The summed E-state index contributed by atoms with van der Waals surface area (Å²) in [6.07, 6.45) is -3.54. The Balaban J connectivity index is 1.79. The Bertz CT molecular complexity index is 1120. The number of rotatable bonds is 3. The molecule has 2 aromatic carbocycles. The van der Waals surface area contributed by atoms with E-state index in [0.29, 0.717) is 17.9 Å². The zero-order chi connectivity index (χ0) is 23.5. The number of nitrogens with one attached hydrogen (secondary N) is 1. The van der Waals surface area contributed by atoms with Crippen LogP contribution in [0.3, 0.4) is 0 Å². The molecule has 4 rings (SSSR count). The average Bonchev–Trinajstić information content (AvgIpc) is 3.00. The van der Waals surface area contributed by atoms with Crippen LogP contribution in [0.5, 0.6) is 11.5 Å². The van der Waals surface area contributed by atoms with Crippen LogP contribution in [-0.2, 0) is 17.6 Å². The summed E-state index contributed by atoms with van der Waals surface area (Å²) in [5, 5.41) is 1.87. The van der Waals surface area contributed by atoms with Gasteiger partial charge in [-0.15, -0.1) is 0 Å². The molecule has 2 aliphatic heterocycles. The maximum Gasteiger partial charge on any atom is 0.471 e. The van der Waals surface area contributed by atoms with Gasteiger partial charge in [0.15, 0.2) is 11.5 Å². The van der Waals surface area contributed by atoms with Gasteiger partial charge in [0.05, 0.1) is 18.4 Å². The summed E-state index contributed by atoms with van der Waals surface area (Å²) in [4.78, 5) is 16.2. The van der Waals surface area contributed by atoms with Crippen LogP contribution < -0.4 is 14.8 Å². The minimum Gasteiger partial charge on any atom is -0.493 e. The standard InChI is InChI=1S/C24H25F3N2O3/c1-22(2)11-14-10-17(31-5)20-16(12-23(3,4)32-20)18(14)19(29-22)13-6-8-15(9-7-13)28-21(30)24(25,26)27/h6-10H,11-12H2,1-5H3,(H,28,30). The molecule has 0 unspecified atom stereocenters. The van der Waals surface area contributed by atoms with E-state index in [1.165, 1.54) is 12.1 Å². The molecule has 0 saturated heterocycles. The third-order valence-corrected chi connectivity index (χ3v) is 5.57. The molecule has 0 spiro atoms. The van der Waals surface area contributed by atoms with E-state index < -0.39 is 17.7 Å². The highest BCUT2D eigenvalue weighted by Crippen LogP contribution is 2.47. The van der Waals surface area contributed by atoms with Crippen LogP contribution in [0.1, 0.15) is 49.9 Å². The lowest BCUT2D eigenvalue weighted by Gasteiger charge is -2.31. The first kappa shape index (κ1) is 22.2. The summed E-state index contributed by atoms with van der Waals surface area (Å²) >= 11 is 0. The molecule has 2 heterocycles. The predicted octanol–water partition coefficient (Wildman–Crippen LogP) is 5.08. The predicted molar refractivity (Wildman–Crippen MR) is 116 cm³/mol. The number of alkyl halides is 3. The highest BCUT2D eigenvalue weighted by Gasteiger charge is 2.40. The van der Waals surface area contributed by atoms with Crippen molar-refractivity contribution in [2.24, 2.45) is 4.99 Å². The second-order valence-electron chi connectivity index (χ2n) is 9.44. The van der Waals surface area contributed by atoms with Gasteiger partial charge in [0.1, 0.15) is 5.60 Å². The van der Waals surface area contributed by atoms with E-state index in [2.05, 4.69) is 0 Å². The largest absolute Gasteiger partial charge is 0.493 e. The minimum absolute atomic E-state index is 0.0661. The Morgan fingerprint density at radius 2 is 1.78 bits per heavy atom. The van der Waals surface area contributed by atoms with Gasteiger partial charge in [0.25, 0.3) is 0 Å². The number of halogens is 3. The van der Waals surface area contributed by atoms with Gasteiger partial charge in [-0.3, -0.25) is 9.79 Å². The molecule has 0 aliphatic carbocycles. The number of methoxy groups -OCH3 is 1. The number of amides is 1. The molecule has 32 heavy (non-hydrogen) atoms. The number of benzene rings is 2. The lowest BCUT2D eigenvalue weighted by Crippen LogP contribution is -2.31. The molecule has 2 aliphatic rings. The molecular formula is C24H25F3N2O3. The monoisotopic (exact) mass is 446 g/mol. The fraction of sp³-hybridized carbons (Fsp3) is 0.417. The molecule has 8 heteroatoms. The second-order valence-corrected chi connectivity index (χ2v) is 9.44. The highest BCUT2D eigenvalue weighted by molar-refractivity contribution is 6.16. The first-order valence-electron chi connectivity index (χ1n) is 10.3. The summed E-state index contributed by atoms with van der Waals surface area (Å²) in [6.45, 7) is 8.10. The van der Waals surface area contributed by atoms with Gasteiger partial charge < -0.3 is 14.8 Å². The lowest BCUT2D eigenvalue weighted by atomic mass is 9.81. The molecule has 2 aromatic rings. The van der Waals surface area contributed by atoms with E-state index in [0.717, 1.165) is 34.4 Å². The Labute approximate surface area is 184 Å². The quantitative estimate of drug-likeness (QED) is 0.715. The van der Waals surface area contributed by atoms with E-state index in [-0.39, 0.29) is 11.2 Å². The smallest absolute Gasteiger partial charge is 0.471 e. The van der Waals surface area contributed by atoms with Crippen molar-refractivity contribution < 1.29 is 27.4 Å². The molecule has 0 saturated carbocycles. The van der Waals surface area contributed by atoms with Gasteiger partial charge >= 0.3 is 12.1 Å². The van der Waals surface area contributed by atoms with Gasteiger partial charge in [-0.25, -0.2) is 0 Å². The van der Waals surface area contributed by atoms with Crippen LogP contribution >= 0.6 is 0 Å². The van der Waals surface area contributed by atoms with Crippen molar-refractivity contribution in [3.63, 3.8) is 0 Å². The lowest BCUT2D eigenvalue weighted by molar-refractivity contribution is -0.167. The summed E-state index contributed by atoms with van der Waals surface area (Å²) < 4.78 is 49.5. The minimum atomic E-state index is -4.94. The van der Waals surface area contributed by atoms with Crippen molar-refractivity contribution in [3.05, 3.63) is 52.6 Å². The van der Waals surface area contributed by atoms with Crippen LogP contribution in [0.4, 0.5) is 18.9 Å². The van der Waals surface area contributed by atoms with Crippen molar-refractivity contribution in [3.8, 4) is 11.5 Å². The number of nitrogens with zero attached hydrogens (tertiary/aromatic N) is 1. The second kappa shape index (κ2) is 7.25. The average molecular weight is 446 g/mol. The first-order valence-corrected chi connectivity index (χ1v) is 10.3. The van der Waals surface area contributed by atoms with Gasteiger partial charge in [0.2, 0.25) is 0 Å². The molecule has 0 fully saturated rings. The van der Waals surface area contributed by atoms with Crippen molar-refractivity contribution in [1.82, 2.24) is 0 Å². The number of hydrogen-bond acceptors (Lipinski definition) is 4. The number of carbonyl (C=O) groups excluding carboxylic acids is 1. The van der Waals surface area contributed by atoms with E-state index in [1.807, 2.05) is 39.1 Å². The molecule has 0 aromatic heterocycles. The summed E-state index contributed by atoms with van der Waals surface area (Å²) in [5.41, 5.74) is 3.90. The van der Waals surface area contributed by atoms with Crippen LogP contribution in [0, 0.1) is 0 Å². The topological polar surface area (TPSA) is 59.9 Å². The highest BCUT2D eigenvalue weighted by atomic mass is 19.4. The maximum atomic E-state index is 12.6. The van der Waals surface area contributed by atoms with E-state index in [9.17, 15) is 18.0 Å². The van der Waals surface area contributed by atoms with Crippen LogP contribution in [0.25, 0.3) is 0 Å². The fourth-order valence-electron chi connectivity index (χ4n) is 4.34. The Hall–Kier alpha value is -3.03. The molecule has 170 valence electrons. The Morgan fingerprint density at radius 1 is 1.12 bits per heavy atom. The number of carbonyl (C=O) groups is 1. The third kappa shape index (κ3) is 4.06. The first-order chi connectivity index (χ1) is 14.8. The van der Waals surface area contributed by atoms with E-state index in [1.54, 1.807) is 19.2 Å². The normalized spacial score (nSPS) is 18.2. The van der Waals surface area contributed by atoms with Gasteiger partial charge in [0, 0.05) is 28.8 Å². The van der Waals surface area contributed by atoms with Crippen LogP contribution in [-0.4, -0.2) is 36.0 Å². The molecule has 1 amide bonds. The Morgan fingerprint density at radius 3 is 2.38 bits per heavy atom. The van der Waals surface area contributed by atoms with E-state index in [4.69, 9.17) is 14.5 Å². The fourth-order valence-corrected chi connectivity index (χ4v) is 4.34. The molecular weight excluding hydrogens is 421 g/mol. The SMILES string of the molecule is COc1cc2c(c3c1OC(C)(C)C3)C(c1ccc(NC(=O)C(F)(F)F)cc1)=NC(C)(C)C2. The van der Waals surface area contributed by atoms with Crippen LogP contribution in [0.15, 0.2) is 35.3 Å². The van der Waals surface area contributed by atoms with Crippen molar-refractivity contribution in [1.29, 1.82) is 0 Å². The zero-order valence-corrected chi connectivity index (χ0v) is 18.6. The van der Waals surface area contributed by atoms with Gasteiger partial charge in [-0.2, -0.15) is 13.2 Å². The van der Waals surface area contributed by atoms with Crippen molar-refractivity contribution >= 4 is 17.3 Å². The number of fused-ring (bicyclic) bond motifs is 3. The number of hydrogen-bond donors (Lipinski definition) is 1. The molecule has 5 nitrogen and oxygen atoms in total. The van der Waals surface area contributed by atoms with Gasteiger partial charge in [-0.1, -0.05) is 12.1 Å². The molecule has 0 radical (unpaired) electrons. The summed E-state index contributed by atoms with van der Waals surface area (Å²) in [7, 11) is 1.62. The summed E-state index contributed by atoms with van der Waals surface area (Å²) in [5.74, 6) is -0.611. The maximum absolute atomic E-state index is 12.6. The van der Waals surface area contributed by atoms with E-state index >= 15 is 0 Å². The molecule has 1 N–H and O–H groups in total. The van der Waals surface area contributed by atoms with Crippen molar-refractivity contribution in [2.75, 3.05) is 12.4 Å². The molecule has 0 bridgehead atoms. The number of aliphatic imine (C=N–C) groups is 1. The van der Waals surface area contributed by atoms with Gasteiger partial charge in [-0.05, 0) is 57.9 Å². The third-order valence-electron chi connectivity index (χ3n) is 5.57. The Kier molecular flexibility index (Phi) is 5.02.